The SMILES string of the molecule is Cc1ccc(C(O)CC2NCc3ccsc3-n3cccc32)cc1. The first-order chi connectivity index (χ1) is 11.2. The third-order valence-corrected chi connectivity index (χ3v) is 5.49. The summed E-state index contributed by atoms with van der Waals surface area (Å²) in [6, 6.07) is 14.7. The van der Waals surface area contributed by atoms with Gasteiger partial charge in [0.05, 0.1) is 12.1 Å². The molecule has 3 nitrogen and oxygen atoms in total. The topological polar surface area (TPSA) is 37.2 Å². The molecule has 0 aliphatic carbocycles. The summed E-state index contributed by atoms with van der Waals surface area (Å²) >= 11 is 1.77. The maximum absolute atomic E-state index is 10.6. The first-order valence-electron chi connectivity index (χ1n) is 7.94. The molecule has 1 aliphatic heterocycles. The number of aliphatic hydroxyl groups is 1. The van der Waals surface area contributed by atoms with E-state index in [1.165, 1.54) is 21.8 Å². The van der Waals surface area contributed by atoms with Crippen LogP contribution in [0.25, 0.3) is 5.00 Å². The minimum absolute atomic E-state index is 0.140. The van der Waals surface area contributed by atoms with Crippen LogP contribution in [0.1, 0.15) is 41.0 Å². The molecule has 3 aromatic rings. The van der Waals surface area contributed by atoms with Crippen LogP contribution in [0.3, 0.4) is 0 Å². The molecule has 2 unspecified atom stereocenters. The number of aryl methyl sites for hydroxylation is 1. The average Bonchev–Trinajstić information content (AvgIpc) is 3.18. The molecule has 0 spiro atoms. The standard InChI is InChI=1S/C19H20N2OS/c1-13-4-6-14(7-5-13)18(22)11-16-17-3-2-9-21(17)19-15(12-20-16)8-10-23-19/h2-10,16,18,20,22H,11-12H2,1H3. The van der Waals surface area contributed by atoms with Crippen molar-refractivity contribution in [1.82, 2.24) is 9.88 Å². The molecule has 0 bridgehead atoms. The summed E-state index contributed by atoms with van der Waals surface area (Å²) < 4.78 is 2.26. The number of nitrogens with one attached hydrogen (secondary N) is 1. The third kappa shape index (κ3) is 2.74. The Morgan fingerprint density at radius 3 is 2.91 bits per heavy atom. The summed E-state index contributed by atoms with van der Waals surface area (Å²) in [6.45, 7) is 2.90. The van der Waals surface area contributed by atoms with Gasteiger partial charge in [-0.1, -0.05) is 29.8 Å². The predicted molar refractivity (Wildman–Crippen MR) is 94.0 cm³/mol. The second-order valence-electron chi connectivity index (χ2n) is 6.15. The van der Waals surface area contributed by atoms with Crippen molar-refractivity contribution in [3.63, 3.8) is 0 Å². The monoisotopic (exact) mass is 324 g/mol. The van der Waals surface area contributed by atoms with E-state index in [2.05, 4.69) is 58.7 Å². The van der Waals surface area contributed by atoms with Crippen LogP contribution in [0, 0.1) is 6.92 Å². The fourth-order valence-electron chi connectivity index (χ4n) is 3.23. The van der Waals surface area contributed by atoms with E-state index in [0.717, 1.165) is 12.1 Å². The molecule has 0 amide bonds. The molecule has 4 heteroatoms. The molecule has 23 heavy (non-hydrogen) atoms. The summed E-state index contributed by atoms with van der Waals surface area (Å²) in [5, 5.41) is 17.7. The van der Waals surface area contributed by atoms with Crippen molar-refractivity contribution in [3.05, 3.63) is 76.4 Å². The fourth-order valence-corrected chi connectivity index (χ4v) is 4.16. The van der Waals surface area contributed by atoms with Gasteiger partial charge in [0.1, 0.15) is 5.00 Å². The Morgan fingerprint density at radius 2 is 2.09 bits per heavy atom. The Bertz CT molecular complexity index is 803. The van der Waals surface area contributed by atoms with Gasteiger partial charge in [0, 0.05) is 24.0 Å². The number of thiophene rings is 1. The molecule has 3 heterocycles. The zero-order chi connectivity index (χ0) is 15.8. The number of rotatable bonds is 3. The number of aromatic nitrogens is 1. The minimum Gasteiger partial charge on any atom is -0.388 e. The van der Waals surface area contributed by atoms with Gasteiger partial charge >= 0.3 is 0 Å². The quantitative estimate of drug-likeness (QED) is 0.760. The van der Waals surface area contributed by atoms with Crippen LogP contribution in [-0.2, 0) is 6.54 Å². The van der Waals surface area contributed by atoms with Crippen LogP contribution in [0.4, 0.5) is 0 Å². The van der Waals surface area contributed by atoms with E-state index in [0.29, 0.717) is 6.42 Å². The van der Waals surface area contributed by atoms with E-state index in [4.69, 9.17) is 0 Å². The van der Waals surface area contributed by atoms with Crippen LogP contribution in [-0.4, -0.2) is 9.67 Å². The lowest BCUT2D eigenvalue weighted by Gasteiger charge is -2.21. The molecule has 1 aromatic carbocycles. The Hall–Kier alpha value is -1.88. The zero-order valence-corrected chi connectivity index (χ0v) is 13.9. The van der Waals surface area contributed by atoms with Gasteiger partial charge in [0.25, 0.3) is 0 Å². The lowest BCUT2D eigenvalue weighted by atomic mass is 9.99. The van der Waals surface area contributed by atoms with Crippen LogP contribution in [0.2, 0.25) is 0 Å². The highest BCUT2D eigenvalue weighted by molar-refractivity contribution is 7.12. The number of nitrogens with zero attached hydrogens (tertiary/aromatic N) is 1. The van der Waals surface area contributed by atoms with Gasteiger partial charge in [-0.15, -0.1) is 11.3 Å². The smallest absolute Gasteiger partial charge is 0.104 e. The molecule has 0 saturated heterocycles. The molecule has 4 rings (SSSR count). The molecule has 0 saturated carbocycles. The number of hydrogen-bond acceptors (Lipinski definition) is 3. The van der Waals surface area contributed by atoms with Crippen LogP contribution < -0.4 is 5.32 Å². The van der Waals surface area contributed by atoms with E-state index < -0.39 is 6.10 Å². The Morgan fingerprint density at radius 1 is 1.26 bits per heavy atom. The van der Waals surface area contributed by atoms with Crippen LogP contribution in [0.15, 0.2) is 54.0 Å². The van der Waals surface area contributed by atoms with Gasteiger partial charge in [-0.25, -0.2) is 0 Å². The summed E-state index contributed by atoms with van der Waals surface area (Å²) in [7, 11) is 0. The first kappa shape index (κ1) is 14.7. The van der Waals surface area contributed by atoms with E-state index >= 15 is 0 Å². The van der Waals surface area contributed by atoms with Gasteiger partial charge in [-0.2, -0.15) is 0 Å². The third-order valence-electron chi connectivity index (χ3n) is 4.54. The van der Waals surface area contributed by atoms with Crippen molar-refractivity contribution < 1.29 is 5.11 Å². The summed E-state index contributed by atoms with van der Waals surface area (Å²) in [5.74, 6) is 0. The number of benzene rings is 1. The first-order valence-corrected chi connectivity index (χ1v) is 8.82. The van der Waals surface area contributed by atoms with Gasteiger partial charge in [-0.05, 0) is 42.5 Å². The Kier molecular flexibility index (Phi) is 3.81. The van der Waals surface area contributed by atoms with Crippen molar-refractivity contribution in [2.45, 2.75) is 32.0 Å². The van der Waals surface area contributed by atoms with E-state index in [9.17, 15) is 5.11 Å². The maximum Gasteiger partial charge on any atom is 0.104 e. The second-order valence-corrected chi connectivity index (χ2v) is 7.04. The van der Waals surface area contributed by atoms with Crippen LogP contribution in [0.5, 0.6) is 0 Å². The van der Waals surface area contributed by atoms with E-state index in [-0.39, 0.29) is 6.04 Å². The lowest BCUT2D eigenvalue weighted by Crippen LogP contribution is -2.22. The van der Waals surface area contributed by atoms with Crippen LogP contribution >= 0.6 is 11.3 Å². The van der Waals surface area contributed by atoms with E-state index in [1.54, 1.807) is 11.3 Å². The highest BCUT2D eigenvalue weighted by Gasteiger charge is 2.24. The van der Waals surface area contributed by atoms with Gasteiger partial charge in [0.2, 0.25) is 0 Å². The second kappa shape index (κ2) is 5.96. The average molecular weight is 324 g/mol. The van der Waals surface area contributed by atoms with Gasteiger partial charge in [0.15, 0.2) is 0 Å². The van der Waals surface area contributed by atoms with Crippen molar-refractivity contribution >= 4 is 11.3 Å². The molecule has 0 radical (unpaired) electrons. The van der Waals surface area contributed by atoms with Gasteiger partial charge in [-0.3, -0.25) is 0 Å². The highest BCUT2D eigenvalue weighted by Crippen LogP contribution is 2.34. The number of aliphatic hydroxyl groups excluding tert-OH is 1. The molecule has 1 aliphatic rings. The Balaban J connectivity index is 1.61. The normalized spacial score (nSPS) is 18.1. The molecule has 0 fully saturated rings. The number of fused-ring (bicyclic) bond motifs is 3. The molecular weight excluding hydrogens is 304 g/mol. The lowest BCUT2D eigenvalue weighted by molar-refractivity contribution is 0.150. The predicted octanol–water partition coefficient (Wildman–Crippen LogP) is 4.12. The van der Waals surface area contributed by atoms with Crippen molar-refractivity contribution in [2.24, 2.45) is 0 Å². The van der Waals surface area contributed by atoms with Crippen molar-refractivity contribution in [3.8, 4) is 5.00 Å². The summed E-state index contributed by atoms with van der Waals surface area (Å²) in [5.41, 5.74) is 4.73. The summed E-state index contributed by atoms with van der Waals surface area (Å²) in [6.07, 6.45) is 2.32. The fraction of sp³-hybridized carbons (Fsp3) is 0.263. The Labute approximate surface area is 140 Å². The molecule has 2 atom stereocenters. The molecule has 2 N–H and O–H groups in total. The van der Waals surface area contributed by atoms with Gasteiger partial charge < -0.3 is 15.0 Å². The molecule has 2 aromatic heterocycles. The maximum atomic E-state index is 10.6. The van der Waals surface area contributed by atoms with Crippen molar-refractivity contribution in [1.29, 1.82) is 0 Å². The van der Waals surface area contributed by atoms with E-state index in [1.807, 2.05) is 12.1 Å². The van der Waals surface area contributed by atoms with Crippen molar-refractivity contribution in [2.75, 3.05) is 0 Å². The zero-order valence-electron chi connectivity index (χ0n) is 13.1. The highest BCUT2D eigenvalue weighted by atomic mass is 32.1. The summed E-state index contributed by atoms with van der Waals surface area (Å²) in [4.78, 5) is 0. The molecule has 118 valence electrons. The number of hydrogen-bond donors (Lipinski definition) is 2. The molecular formula is C19H20N2OS. The largest absolute Gasteiger partial charge is 0.388 e. The minimum atomic E-state index is -0.465.